The van der Waals surface area contributed by atoms with Crippen LogP contribution in [0.4, 0.5) is 0 Å². The number of hydrogen-bond donors (Lipinski definition) is 3. The molecule has 0 amide bonds. The first-order valence-corrected chi connectivity index (χ1v) is 7.44. The molecule has 1 saturated carbocycles. The van der Waals surface area contributed by atoms with E-state index in [4.69, 9.17) is 4.74 Å². The van der Waals surface area contributed by atoms with Gasteiger partial charge in [0.15, 0.2) is 0 Å². The zero-order valence-corrected chi connectivity index (χ0v) is 12.9. The summed E-state index contributed by atoms with van der Waals surface area (Å²) in [7, 11) is 0. The van der Waals surface area contributed by atoms with E-state index < -0.39 is 6.10 Å². The van der Waals surface area contributed by atoms with Crippen LogP contribution in [0.25, 0.3) is 0 Å². The second kappa shape index (κ2) is 7.02. The van der Waals surface area contributed by atoms with E-state index in [1.807, 2.05) is 6.92 Å². The van der Waals surface area contributed by atoms with E-state index in [0.29, 0.717) is 25.7 Å². The largest absolute Gasteiger partial charge is 0.394 e. The van der Waals surface area contributed by atoms with E-state index >= 15 is 0 Å². The summed E-state index contributed by atoms with van der Waals surface area (Å²) in [5, 5.41) is 23.1. The molecule has 4 heteroatoms. The number of aliphatic hydroxyl groups is 2. The fraction of sp³-hybridized carbons (Fsp3) is 1.00. The third kappa shape index (κ3) is 5.38. The highest BCUT2D eigenvalue weighted by Gasteiger charge is 2.42. The van der Waals surface area contributed by atoms with Crippen LogP contribution in [0.2, 0.25) is 0 Å². The van der Waals surface area contributed by atoms with Gasteiger partial charge >= 0.3 is 0 Å². The Morgan fingerprint density at radius 3 is 2.58 bits per heavy atom. The molecule has 114 valence electrons. The van der Waals surface area contributed by atoms with Crippen molar-refractivity contribution in [2.75, 3.05) is 26.4 Å². The minimum absolute atomic E-state index is 0.127. The average molecular weight is 273 g/mol. The highest BCUT2D eigenvalue weighted by Crippen LogP contribution is 2.43. The lowest BCUT2D eigenvalue weighted by molar-refractivity contribution is 0.00786. The summed E-state index contributed by atoms with van der Waals surface area (Å²) >= 11 is 0. The van der Waals surface area contributed by atoms with E-state index in [0.717, 1.165) is 12.8 Å². The van der Waals surface area contributed by atoms with Crippen LogP contribution in [-0.4, -0.2) is 48.2 Å². The summed E-state index contributed by atoms with van der Waals surface area (Å²) in [6, 6.07) is 0. The van der Waals surface area contributed by atoms with Crippen molar-refractivity contribution < 1.29 is 14.9 Å². The second-order valence-electron chi connectivity index (χ2n) is 6.99. The summed E-state index contributed by atoms with van der Waals surface area (Å²) in [5.41, 5.74) is -0.0212. The summed E-state index contributed by atoms with van der Waals surface area (Å²) in [4.78, 5) is 0. The van der Waals surface area contributed by atoms with Gasteiger partial charge < -0.3 is 20.3 Å². The third-order valence-corrected chi connectivity index (χ3v) is 3.99. The lowest BCUT2D eigenvalue weighted by Crippen LogP contribution is -2.57. The van der Waals surface area contributed by atoms with Crippen LogP contribution >= 0.6 is 0 Å². The van der Waals surface area contributed by atoms with Crippen LogP contribution in [0, 0.1) is 11.3 Å². The summed E-state index contributed by atoms with van der Waals surface area (Å²) in [6.07, 6.45) is 2.60. The van der Waals surface area contributed by atoms with Crippen molar-refractivity contribution >= 4 is 0 Å². The van der Waals surface area contributed by atoms with Gasteiger partial charge in [-0.2, -0.15) is 0 Å². The fourth-order valence-corrected chi connectivity index (χ4v) is 3.70. The quantitative estimate of drug-likeness (QED) is 0.658. The topological polar surface area (TPSA) is 61.7 Å². The van der Waals surface area contributed by atoms with E-state index in [1.165, 1.54) is 6.42 Å². The first-order chi connectivity index (χ1) is 8.82. The van der Waals surface area contributed by atoms with Crippen molar-refractivity contribution in [2.45, 2.75) is 58.6 Å². The number of nitrogens with one attached hydrogen (secondary N) is 1. The molecular weight excluding hydrogens is 242 g/mol. The highest BCUT2D eigenvalue weighted by atomic mass is 16.5. The maximum atomic E-state index is 9.85. The summed E-state index contributed by atoms with van der Waals surface area (Å²) in [6.45, 7) is 10.2. The van der Waals surface area contributed by atoms with Gasteiger partial charge in [-0.15, -0.1) is 0 Å². The van der Waals surface area contributed by atoms with E-state index in [1.54, 1.807) is 0 Å². The van der Waals surface area contributed by atoms with Crippen molar-refractivity contribution in [3.05, 3.63) is 0 Å². The standard InChI is InChI=1S/C15H31NO3/c1-5-19-9-13(18)8-16-15(11-17)7-12(2)6-14(3,4)10-15/h12-13,16-18H,5-11H2,1-4H3/t12-,13+,15-/m0/s1. The Hall–Kier alpha value is -0.160. The van der Waals surface area contributed by atoms with Gasteiger partial charge in [0.05, 0.1) is 19.3 Å². The minimum atomic E-state index is -0.510. The van der Waals surface area contributed by atoms with Crippen molar-refractivity contribution in [3.8, 4) is 0 Å². The van der Waals surface area contributed by atoms with Gasteiger partial charge in [-0.05, 0) is 37.5 Å². The van der Waals surface area contributed by atoms with Gasteiger partial charge in [-0.3, -0.25) is 0 Å². The molecule has 1 aliphatic carbocycles. The van der Waals surface area contributed by atoms with Crippen LogP contribution in [0.5, 0.6) is 0 Å². The molecule has 0 aromatic rings. The lowest BCUT2D eigenvalue weighted by Gasteiger charge is -2.47. The Bertz CT molecular complexity index is 270. The average Bonchev–Trinajstić information content (AvgIpc) is 2.31. The van der Waals surface area contributed by atoms with Gasteiger partial charge in [-0.1, -0.05) is 20.8 Å². The van der Waals surface area contributed by atoms with E-state index in [2.05, 4.69) is 26.1 Å². The molecule has 0 spiro atoms. The number of aliphatic hydroxyl groups excluding tert-OH is 2. The van der Waals surface area contributed by atoms with E-state index in [9.17, 15) is 10.2 Å². The molecule has 1 aliphatic rings. The van der Waals surface area contributed by atoms with Crippen molar-refractivity contribution in [2.24, 2.45) is 11.3 Å². The first kappa shape index (κ1) is 16.9. The lowest BCUT2D eigenvalue weighted by atomic mass is 9.64. The molecule has 0 radical (unpaired) electrons. The molecule has 4 nitrogen and oxygen atoms in total. The molecular formula is C15H31NO3. The van der Waals surface area contributed by atoms with Crippen LogP contribution in [0.1, 0.15) is 47.0 Å². The molecule has 3 atom stereocenters. The number of β-amino-alcohol motifs (C(OH)–C–C–N with tert-alkyl or cyclic N) is 1. The zero-order valence-electron chi connectivity index (χ0n) is 12.9. The predicted octanol–water partition coefficient (Wildman–Crippen LogP) is 1.55. The molecule has 3 N–H and O–H groups in total. The molecule has 0 saturated heterocycles. The van der Waals surface area contributed by atoms with E-state index in [-0.39, 0.29) is 17.6 Å². The molecule has 0 heterocycles. The van der Waals surface area contributed by atoms with Gasteiger partial charge in [0.1, 0.15) is 0 Å². The molecule has 0 aliphatic heterocycles. The van der Waals surface area contributed by atoms with Crippen LogP contribution in [0.15, 0.2) is 0 Å². The molecule has 0 aromatic heterocycles. The monoisotopic (exact) mass is 273 g/mol. The van der Waals surface area contributed by atoms with Crippen LogP contribution in [0.3, 0.4) is 0 Å². The van der Waals surface area contributed by atoms with Gasteiger partial charge in [-0.25, -0.2) is 0 Å². The first-order valence-electron chi connectivity index (χ1n) is 7.44. The van der Waals surface area contributed by atoms with Crippen molar-refractivity contribution in [1.82, 2.24) is 5.32 Å². The normalized spacial score (nSPS) is 32.2. The van der Waals surface area contributed by atoms with Crippen molar-refractivity contribution in [3.63, 3.8) is 0 Å². The molecule has 1 rings (SSSR count). The third-order valence-electron chi connectivity index (χ3n) is 3.99. The maximum absolute atomic E-state index is 9.85. The SMILES string of the molecule is CCOC[C@H](O)CN[C@@]1(CO)C[C@@H](C)CC(C)(C)C1. The van der Waals surface area contributed by atoms with Gasteiger partial charge in [0, 0.05) is 18.7 Å². The van der Waals surface area contributed by atoms with Crippen LogP contribution < -0.4 is 5.32 Å². The Morgan fingerprint density at radius 2 is 2.05 bits per heavy atom. The maximum Gasteiger partial charge on any atom is 0.0897 e. The second-order valence-corrected chi connectivity index (χ2v) is 6.99. The Labute approximate surface area is 117 Å². The highest BCUT2D eigenvalue weighted by molar-refractivity contribution is 4.98. The molecule has 1 fully saturated rings. The fourth-order valence-electron chi connectivity index (χ4n) is 3.70. The Morgan fingerprint density at radius 1 is 1.37 bits per heavy atom. The summed E-state index contributed by atoms with van der Waals surface area (Å²) < 4.78 is 5.21. The number of rotatable bonds is 7. The van der Waals surface area contributed by atoms with Gasteiger partial charge in [0.2, 0.25) is 0 Å². The van der Waals surface area contributed by atoms with Gasteiger partial charge in [0.25, 0.3) is 0 Å². The summed E-state index contributed by atoms with van der Waals surface area (Å²) in [5.74, 6) is 0.590. The van der Waals surface area contributed by atoms with Crippen molar-refractivity contribution in [1.29, 1.82) is 0 Å². The molecule has 0 aromatic carbocycles. The Balaban J connectivity index is 2.55. The minimum Gasteiger partial charge on any atom is -0.394 e. The zero-order chi connectivity index (χ0) is 14.5. The molecule has 0 bridgehead atoms. The smallest absolute Gasteiger partial charge is 0.0897 e. The molecule has 0 unspecified atom stereocenters. The predicted molar refractivity (Wildman–Crippen MR) is 77.1 cm³/mol. The number of hydrogen-bond acceptors (Lipinski definition) is 4. The van der Waals surface area contributed by atoms with Crippen LogP contribution in [-0.2, 0) is 4.74 Å². The number of ether oxygens (including phenoxy) is 1. The molecule has 19 heavy (non-hydrogen) atoms. The Kier molecular flexibility index (Phi) is 6.24.